The molecular formula is C16H23NO2. The van der Waals surface area contributed by atoms with E-state index in [0.717, 1.165) is 25.4 Å². The predicted molar refractivity (Wildman–Crippen MR) is 75.8 cm³/mol. The van der Waals surface area contributed by atoms with Gasteiger partial charge in [0.2, 0.25) is 0 Å². The van der Waals surface area contributed by atoms with Gasteiger partial charge >= 0.3 is 0 Å². The molecule has 2 aliphatic rings. The molecule has 3 rings (SSSR count). The highest BCUT2D eigenvalue weighted by molar-refractivity contribution is 5.45. The van der Waals surface area contributed by atoms with Gasteiger partial charge in [0.25, 0.3) is 0 Å². The number of nitrogens with two attached hydrogens (primary N) is 1. The minimum Gasteiger partial charge on any atom is -0.496 e. The van der Waals surface area contributed by atoms with Gasteiger partial charge in [0, 0.05) is 30.0 Å². The largest absolute Gasteiger partial charge is 0.496 e. The Hall–Kier alpha value is -1.06. The molecule has 1 aliphatic heterocycles. The Morgan fingerprint density at radius 3 is 2.79 bits per heavy atom. The van der Waals surface area contributed by atoms with Crippen molar-refractivity contribution in [2.75, 3.05) is 26.9 Å². The second-order valence-corrected chi connectivity index (χ2v) is 5.86. The van der Waals surface area contributed by atoms with Crippen molar-refractivity contribution < 1.29 is 9.47 Å². The van der Waals surface area contributed by atoms with Crippen molar-refractivity contribution in [3.63, 3.8) is 0 Å². The molecule has 1 aromatic rings. The fourth-order valence-electron chi connectivity index (χ4n) is 3.38. The van der Waals surface area contributed by atoms with Gasteiger partial charge in [0.1, 0.15) is 5.75 Å². The van der Waals surface area contributed by atoms with Crippen molar-refractivity contribution in [2.45, 2.75) is 37.0 Å². The van der Waals surface area contributed by atoms with Gasteiger partial charge in [0.15, 0.2) is 0 Å². The molecule has 1 heterocycles. The zero-order valence-corrected chi connectivity index (χ0v) is 11.7. The molecule has 3 nitrogen and oxygen atoms in total. The van der Waals surface area contributed by atoms with Crippen molar-refractivity contribution in [3.05, 3.63) is 29.3 Å². The fourth-order valence-corrected chi connectivity index (χ4v) is 3.38. The lowest BCUT2D eigenvalue weighted by Crippen LogP contribution is -2.41. The fraction of sp³-hybridized carbons (Fsp3) is 0.625. The Morgan fingerprint density at radius 1 is 1.42 bits per heavy atom. The van der Waals surface area contributed by atoms with Crippen LogP contribution in [0.1, 0.15) is 42.7 Å². The summed E-state index contributed by atoms with van der Waals surface area (Å²) >= 11 is 0. The maximum atomic E-state index is 6.05. The second-order valence-electron chi connectivity index (χ2n) is 5.86. The molecule has 1 atom stereocenters. The third-order valence-corrected chi connectivity index (χ3v) is 4.90. The zero-order chi connectivity index (χ0) is 13.3. The van der Waals surface area contributed by atoms with E-state index in [2.05, 4.69) is 18.2 Å². The lowest BCUT2D eigenvalue weighted by molar-refractivity contribution is 0.193. The van der Waals surface area contributed by atoms with Gasteiger partial charge in [-0.15, -0.1) is 0 Å². The van der Waals surface area contributed by atoms with E-state index < -0.39 is 0 Å². The van der Waals surface area contributed by atoms with E-state index in [0.29, 0.717) is 12.5 Å². The normalized spacial score (nSPS) is 25.1. The average Bonchev–Trinajstić information content (AvgIpc) is 2.92. The number of hydrogen-bond acceptors (Lipinski definition) is 3. The minimum atomic E-state index is 0.154. The van der Waals surface area contributed by atoms with Crippen LogP contribution in [0.25, 0.3) is 0 Å². The summed E-state index contributed by atoms with van der Waals surface area (Å²) < 4.78 is 11.1. The predicted octanol–water partition coefficient (Wildman–Crippen LogP) is 2.58. The van der Waals surface area contributed by atoms with Gasteiger partial charge in [-0.05, 0) is 30.9 Å². The number of methoxy groups -OCH3 is 1. The first-order valence-electron chi connectivity index (χ1n) is 7.25. The summed E-state index contributed by atoms with van der Waals surface area (Å²) in [6.07, 6.45) is 4.77. The molecule has 0 radical (unpaired) electrons. The van der Waals surface area contributed by atoms with E-state index in [4.69, 9.17) is 15.2 Å². The summed E-state index contributed by atoms with van der Waals surface area (Å²) in [6.45, 7) is 2.45. The van der Waals surface area contributed by atoms with Crippen LogP contribution in [0.15, 0.2) is 18.2 Å². The summed E-state index contributed by atoms with van der Waals surface area (Å²) in [5, 5.41) is 0. The van der Waals surface area contributed by atoms with Crippen molar-refractivity contribution in [3.8, 4) is 5.75 Å². The lowest BCUT2D eigenvalue weighted by atomic mass is 9.64. The van der Waals surface area contributed by atoms with Crippen molar-refractivity contribution in [1.29, 1.82) is 0 Å². The first-order valence-corrected chi connectivity index (χ1v) is 7.25. The number of hydrogen-bond donors (Lipinski definition) is 1. The Labute approximate surface area is 115 Å². The monoisotopic (exact) mass is 261 g/mol. The van der Waals surface area contributed by atoms with Crippen LogP contribution in [-0.2, 0) is 10.2 Å². The van der Waals surface area contributed by atoms with Gasteiger partial charge < -0.3 is 15.2 Å². The van der Waals surface area contributed by atoms with E-state index in [1.807, 2.05) is 0 Å². The summed E-state index contributed by atoms with van der Waals surface area (Å²) in [5.74, 6) is 1.53. The third-order valence-electron chi connectivity index (χ3n) is 4.90. The van der Waals surface area contributed by atoms with E-state index >= 15 is 0 Å². The van der Waals surface area contributed by atoms with Crippen molar-refractivity contribution >= 4 is 0 Å². The van der Waals surface area contributed by atoms with Crippen molar-refractivity contribution in [2.24, 2.45) is 5.73 Å². The molecule has 0 amide bonds. The van der Waals surface area contributed by atoms with Gasteiger partial charge in [-0.1, -0.05) is 18.6 Å². The van der Waals surface area contributed by atoms with Gasteiger partial charge in [-0.2, -0.15) is 0 Å². The number of rotatable bonds is 4. The number of ether oxygens (including phenoxy) is 2. The van der Waals surface area contributed by atoms with Gasteiger partial charge in [-0.25, -0.2) is 0 Å². The Bertz CT molecular complexity index is 443. The molecule has 1 aliphatic carbocycles. The third kappa shape index (κ3) is 2.15. The van der Waals surface area contributed by atoms with Crippen LogP contribution in [-0.4, -0.2) is 26.9 Å². The maximum absolute atomic E-state index is 6.05. The second kappa shape index (κ2) is 5.14. The molecule has 1 saturated heterocycles. The van der Waals surface area contributed by atoms with E-state index in [1.165, 1.54) is 30.4 Å². The van der Waals surface area contributed by atoms with Crippen LogP contribution in [0.2, 0.25) is 0 Å². The molecule has 1 aromatic carbocycles. The summed E-state index contributed by atoms with van der Waals surface area (Å²) in [7, 11) is 1.75. The highest BCUT2D eigenvalue weighted by Crippen LogP contribution is 2.47. The van der Waals surface area contributed by atoms with Crippen LogP contribution < -0.4 is 10.5 Å². The Balaban J connectivity index is 1.97. The topological polar surface area (TPSA) is 44.5 Å². The van der Waals surface area contributed by atoms with Crippen LogP contribution >= 0.6 is 0 Å². The van der Waals surface area contributed by atoms with Gasteiger partial charge in [-0.3, -0.25) is 0 Å². The van der Waals surface area contributed by atoms with Crippen LogP contribution in [0.4, 0.5) is 0 Å². The molecule has 104 valence electrons. The Morgan fingerprint density at radius 2 is 2.26 bits per heavy atom. The first kappa shape index (κ1) is 12.9. The summed E-state index contributed by atoms with van der Waals surface area (Å²) in [4.78, 5) is 0. The smallest absolute Gasteiger partial charge is 0.122 e. The maximum Gasteiger partial charge on any atom is 0.122 e. The lowest BCUT2D eigenvalue weighted by Gasteiger charge is -2.42. The molecule has 2 fully saturated rings. The van der Waals surface area contributed by atoms with Crippen LogP contribution in [0, 0.1) is 0 Å². The number of benzene rings is 1. The molecule has 1 saturated carbocycles. The minimum absolute atomic E-state index is 0.154. The molecule has 3 heteroatoms. The van der Waals surface area contributed by atoms with Gasteiger partial charge in [0.05, 0.1) is 13.7 Å². The van der Waals surface area contributed by atoms with Crippen LogP contribution in [0.3, 0.4) is 0 Å². The molecule has 2 N–H and O–H groups in total. The molecule has 0 aromatic heterocycles. The van der Waals surface area contributed by atoms with E-state index in [1.54, 1.807) is 7.11 Å². The summed E-state index contributed by atoms with van der Waals surface area (Å²) in [5.41, 5.74) is 8.90. The highest BCUT2D eigenvalue weighted by Gasteiger charge is 2.39. The SMILES string of the molecule is COc1ccc(C2CCOC2)cc1C1(CN)CCC1. The van der Waals surface area contributed by atoms with E-state index in [9.17, 15) is 0 Å². The molecule has 0 spiro atoms. The summed E-state index contributed by atoms with van der Waals surface area (Å²) in [6, 6.07) is 6.62. The molecule has 0 bridgehead atoms. The molecule has 19 heavy (non-hydrogen) atoms. The molecular weight excluding hydrogens is 238 g/mol. The Kier molecular flexibility index (Phi) is 3.50. The van der Waals surface area contributed by atoms with E-state index in [-0.39, 0.29) is 5.41 Å². The van der Waals surface area contributed by atoms with Crippen molar-refractivity contribution in [1.82, 2.24) is 0 Å². The quantitative estimate of drug-likeness (QED) is 0.906. The zero-order valence-electron chi connectivity index (χ0n) is 11.7. The average molecular weight is 261 g/mol. The highest BCUT2D eigenvalue weighted by atomic mass is 16.5. The standard InChI is InChI=1S/C16H23NO2/c1-18-15-4-3-12(13-5-8-19-10-13)9-14(15)16(11-17)6-2-7-16/h3-4,9,13H,2,5-8,10-11,17H2,1H3. The van der Waals surface area contributed by atoms with Crippen LogP contribution in [0.5, 0.6) is 5.75 Å². The first-order chi connectivity index (χ1) is 9.29. The molecule has 1 unspecified atom stereocenters.